The largest absolute Gasteiger partial charge is 0.451 e. The molecule has 33 heavy (non-hydrogen) atoms. The van der Waals surface area contributed by atoms with Crippen LogP contribution in [-0.4, -0.2) is 35.7 Å². The van der Waals surface area contributed by atoms with Gasteiger partial charge in [-0.25, -0.2) is 4.79 Å². The van der Waals surface area contributed by atoms with E-state index in [0.29, 0.717) is 11.1 Å². The van der Waals surface area contributed by atoms with Crippen molar-refractivity contribution in [3.8, 4) is 0 Å². The lowest BCUT2D eigenvalue weighted by atomic mass is 10.1. The van der Waals surface area contributed by atoms with E-state index in [1.165, 1.54) is 16.6 Å². The number of ether oxygens (including phenoxy) is 1. The molecule has 0 bridgehead atoms. The van der Waals surface area contributed by atoms with Gasteiger partial charge in [0.1, 0.15) is 11.4 Å². The van der Waals surface area contributed by atoms with Gasteiger partial charge in [0.05, 0.1) is 19.7 Å². The van der Waals surface area contributed by atoms with Crippen LogP contribution in [0.25, 0.3) is 11.0 Å². The van der Waals surface area contributed by atoms with Crippen LogP contribution in [0.5, 0.6) is 0 Å². The van der Waals surface area contributed by atoms with Gasteiger partial charge in [0, 0.05) is 18.1 Å². The maximum absolute atomic E-state index is 13.6. The summed E-state index contributed by atoms with van der Waals surface area (Å²) in [6.45, 7) is 2.08. The molecule has 0 aliphatic heterocycles. The first kappa shape index (κ1) is 22.1. The molecule has 0 unspecified atom stereocenters. The van der Waals surface area contributed by atoms with Gasteiger partial charge in [-0.2, -0.15) is 0 Å². The first-order chi connectivity index (χ1) is 15.9. The van der Waals surface area contributed by atoms with Crippen LogP contribution in [0.1, 0.15) is 21.7 Å². The lowest BCUT2D eigenvalue weighted by Gasteiger charge is -2.23. The van der Waals surface area contributed by atoms with Crippen molar-refractivity contribution in [1.29, 1.82) is 0 Å². The number of hydrogen-bond donors (Lipinski definition) is 2. The fourth-order valence-corrected chi connectivity index (χ4v) is 3.76. The number of furan rings is 1. The predicted molar refractivity (Wildman–Crippen MR) is 126 cm³/mol. The molecular formula is C24H24N4O5. The second kappa shape index (κ2) is 9.17. The van der Waals surface area contributed by atoms with Crippen molar-refractivity contribution in [2.75, 3.05) is 30.9 Å². The molecular weight excluding hydrogens is 424 g/mol. The van der Waals surface area contributed by atoms with Crippen molar-refractivity contribution >= 4 is 28.4 Å². The molecule has 170 valence electrons. The monoisotopic (exact) mass is 448 g/mol. The number of aromatic nitrogens is 2. The van der Waals surface area contributed by atoms with E-state index in [4.69, 9.17) is 14.9 Å². The molecule has 1 amide bonds. The van der Waals surface area contributed by atoms with E-state index in [0.717, 1.165) is 10.9 Å². The van der Waals surface area contributed by atoms with Gasteiger partial charge in [-0.05, 0) is 18.6 Å². The van der Waals surface area contributed by atoms with E-state index >= 15 is 0 Å². The van der Waals surface area contributed by atoms with Gasteiger partial charge >= 0.3 is 5.69 Å². The Bertz CT molecular complexity index is 1420. The normalized spacial score (nSPS) is 11.1. The lowest BCUT2D eigenvalue weighted by Crippen LogP contribution is -2.42. The zero-order chi connectivity index (χ0) is 23.5. The van der Waals surface area contributed by atoms with E-state index in [2.05, 4.69) is 4.98 Å². The third kappa shape index (κ3) is 4.18. The van der Waals surface area contributed by atoms with Gasteiger partial charge in [0.2, 0.25) is 0 Å². The highest BCUT2D eigenvalue weighted by atomic mass is 16.5. The zero-order valence-corrected chi connectivity index (χ0v) is 18.3. The number of nitrogens with two attached hydrogens (primary N) is 1. The average molecular weight is 448 g/mol. The number of benzene rings is 2. The number of rotatable bonds is 7. The molecule has 0 spiro atoms. The van der Waals surface area contributed by atoms with Crippen LogP contribution >= 0.6 is 0 Å². The summed E-state index contributed by atoms with van der Waals surface area (Å²) in [4.78, 5) is 42.5. The second-order valence-corrected chi connectivity index (χ2v) is 7.57. The van der Waals surface area contributed by atoms with Gasteiger partial charge < -0.3 is 14.9 Å². The minimum Gasteiger partial charge on any atom is -0.451 e. The standard InChI is InChI=1S/C24H24N4O5/c1-15-17-10-6-7-11-18(17)33-20(15)23(30)27(12-13-32-2)19-21(25)28(24(31)26-22(19)29)14-16-8-4-3-5-9-16/h3-11H,12-14,25H2,1-2H3,(H,26,29,31). The summed E-state index contributed by atoms with van der Waals surface area (Å²) in [5.41, 5.74) is 6.77. The number of nitrogens with one attached hydrogen (secondary N) is 1. The van der Waals surface area contributed by atoms with E-state index in [9.17, 15) is 14.4 Å². The van der Waals surface area contributed by atoms with E-state index < -0.39 is 17.2 Å². The van der Waals surface area contributed by atoms with Crippen molar-refractivity contribution in [1.82, 2.24) is 9.55 Å². The lowest BCUT2D eigenvalue weighted by molar-refractivity contribution is 0.0950. The van der Waals surface area contributed by atoms with E-state index in [-0.39, 0.29) is 37.0 Å². The summed E-state index contributed by atoms with van der Waals surface area (Å²) < 4.78 is 12.2. The molecule has 4 aromatic rings. The quantitative estimate of drug-likeness (QED) is 0.448. The summed E-state index contributed by atoms with van der Waals surface area (Å²) in [7, 11) is 1.49. The highest BCUT2D eigenvalue weighted by molar-refractivity contribution is 6.08. The third-order valence-corrected chi connectivity index (χ3v) is 5.47. The van der Waals surface area contributed by atoms with Crippen LogP contribution in [0.2, 0.25) is 0 Å². The molecule has 3 N–H and O–H groups in total. The van der Waals surface area contributed by atoms with Gasteiger partial charge in [-0.15, -0.1) is 0 Å². The Kier molecular flexibility index (Phi) is 6.14. The van der Waals surface area contributed by atoms with Crippen LogP contribution in [0, 0.1) is 6.92 Å². The van der Waals surface area contributed by atoms with Crippen molar-refractivity contribution in [3.63, 3.8) is 0 Å². The van der Waals surface area contributed by atoms with Crippen LogP contribution in [0.4, 0.5) is 11.5 Å². The maximum Gasteiger partial charge on any atom is 0.330 e. The number of para-hydroxylation sites is 1. The molecule has 2 heterocycles. The number of fused-ring (bicyclic) bond motifs is 1. The predicted octanol–water partition coefficient (Wildman–Crippen LogP) is 2.51. The van der Waals surface area contributed by atoms with Gasteiger partial charge in [0.25, 0.3) is 11.5 Å². The fraction of sp³-hybridized carbons (Fsp3) is 0.208. The molecule has 0 saturated heterocycles. The number of nitrogen functional groups attached to an aromatic ring is 1. The van der Waals surface area contributed by atoms with Crippen LogP contribution in [0.15, 0.2) is 68.6 Å². The first-order valence-electron chi connectivity index (χ1n) is 10.4. The van der Waals surface area contributed by atoms with Gasteiger partial charge in [-0.1, -0.05) is 48.5 Å². The molecule has 0 fully saturated rings. The summed E-state index contributed by atoms with van der Waals surface area (Å²) in [5, 5.41) is 0.795. The van der Waals surface area contributed by atoms with E-state index in [1.807, 2.05) is 48.5 Å². The smallest absolute Gasteiger partial charge is 0.330 e. The van der Waals surface area contributed by atoms with Gasteiger partial charge in [0.15, 0.2) is 11.4 Å². The van der Waals surface area contributed by atoms with Crippen molar-refractivity contribution in [2.24, 2.45) is 0 Å². The number of methoxy groups -OCH3 is 1. The zero-order valence-electron chi connectivity index (χ0n) is 18.3. The average Bonchev–Trinajstić information content (AvgIpc) is 3.15. The summed E-state index contributed by atoms with van der Waals surface area (Å²) in [5.74, 6) is -0.583. The fourth-order valence-electron chi connectivity index (χ4n) is 3.76. The Morgan fingerprint density at radius 3 is 2.52 bits per heavy atom. The number of carbonyl (C=O) groups is 1. The minimum atomic E-state index is -0.764. The molecule has 2 aromatic heterocycles. The first-order valence-corrected chi connectivity index (χ1v) is 10.4. The van der Waals surface area contributed by atoms with Gasteiger partial charge in [-0.3, -0.25) is 24.0 Å². The Labute approximate surface area is 189 Å². The Morgan fingerprint density at radius 1 is 1.12 bits per heavy atom. The number of hydrogen-bond acceptors (Lipinski definition) is 6. The van der Waals surface area contributed by atoms with E-state index in [1.54, 1.807) is 13.0 Å². The molecule has 0 atom stereocenters. The van der Waals surface area contributed by atoms with Crippen molar-refractivity contribution in [3.05, 3.63) is 92.3 Å². The molecule has 0 saturated carbocycles. The van der Waals surface area contributed by atoms with Crippen molar-refractivity contribution in [2.45, 2.75) is 13.5 Å². The van der Waals surface area contributed by atoms with Crippen LogP contribution in [0.3, 0.4) is 0 Å². The molecule has 2 aromatic carbocycles. The molecule has 0 aliphatic rings. The number of aromatic amines is 1. The number of nitrogens with zero attached hydrogens (tertiary/aromatic N) is 2. The minimum absolute atomic E-state index is 0.0304. The number of aryl methyl sites for hydroxylation is 1. The summed E-state index contributed by atoms with van der Waals surface area (Å²) in [6.07, 6.45) is 0. The number of anilines is 2. The second-order valence-electron chi connectivity index (χ2n) is 7.57. The SMILES string of the molecule is COCCN(C(=O)c1oc2ccccc2c1C)c1c(N)n(Cc2ccccc2)c(=O)[nH]c1=O. The Balaban J connectivity index is 1.83. The Morgan fingerprint density at radius 2 is 1.82 bits per heavy atom. The highest BCUT2D eigenvalue weighted by Gasteiger charge is 2.29. The van der Waals surface area contributed by atoms with Crippen molar-refractivity contribution < 1.29 is 13.9 Å². The Hall–Kier alpha value is -4.11. The number of amides is 1. The molecule has 9 nitrogen and oxygen atoms in total. The molecule has 9 heteroatoms. The summed E-state index contributed by atoms with van der Waals surface area (Å²) in [6, 6.07) is 16.5. The molecule has 4 rings (SSSR count). The van der Waals surface area contributed by atoms with Crippen LogP contribution < -0.4 is 21.9 Å². The van der Waals surface area contributed by atoms with Crippen LogP contribution in [-0.2, 0) is 11.3 Å². The summed E-state index contributed by atoms with van der Waals surface area (Å²) >= 11 is 0. The molecule has 0 aliphatic carbocycles. The topological polar surface area (TPSA) is 124 Å². The third-order valence-electron chi connectivity index (χ3n) is 5.47. The molecule has 0 radical (unpaired) electrons. The maximum atomic E-state index is 13.6. The number of H-pyrrole nitrogens is 1. The highest BCUT2D eigenvalue weighted by Crippen LogP contribution is 2.28. The number of carbonyl (C=O) groups excluding carboxylic acids is 1.